The van der Waals surface area contributed by atoms with Gasteiger partial charge in [-0.1, -0.05) is 17.8 Å². The molecular formula is C22H21F2N3O7S. The number of amides is 1. The van der Waals surface area contributed by atoms with E-state index in [1.165, 1.54) is 55.5 Å². The van der Waals surface area contributed by atoms with Gasteiger partial charge in [0.1, 0.15) is 12.4 Å². The van der Waals surface area contributed by atoms with E-state index in [9.17, 15) is 33.3 Å². The molecule has 35 heavy (non-hydrogen) atoms. The van der Waals surface area contributed by atoms with Crippen molar-refractivity contribution in [1.29, 1.82) is 0 Å². The van der Waals surface area contributed by atoms with Crippen molar-refractivity contribution in [3.8, 4) is 5.75 Å². The van der Waals surface area contributed by atoms with Crippen LogP contribution in [0.3, 0.4) is 0 Å². The largest absolute Gasteiger partial charge is 0.444 e. The highest BCUT2D eigenvalue weighted by Gasteiger charge is 2.50. The SMILES string of the molecule is CC(=O)S[C@@H]1CN(C(=O)OCc2ccc([N+](=O)[O-])cc2)[C@@](C=O)(Nc2cccc(OC(F)F)c2)C1. The summed E-state index contributed by atoms with van der Waals surface area (Å²) in [4.78, 5) is 48.3. The lowest BCUT2D eigenvalue weighted by Gasteiger charge is -2.34. The van der Waals surface area contributed by atoms with Crippen LogP contribution < -0.4 is 10.1 Å². The molecule has 1 aliphatic rings. The average molecular weight is 509 g/mol. The second-order valence-electron chi connectivity index (χ2n) is 7.60. The number of anilines is 1. The van der Waals surface area contributed by atoms with E-state index in [-0.39, 0.29) is 41.8 Å². The van der Waals surface area contributed by atoms with Crippen LogP contribution in [0.1, 0.15) is 18.9 Å². The number of alkyl halides is 2. The third-order valence-electron chi connectivity index (χ3n) is 5.08. The van der Waals surface area contributed by atoms with E-state index in [2.05, 4.69) is 10.1 Å². The summed E-state index contributed by atoms with van der Waals surface area (Å²) in [5.41, 5.74) is -1.02. The number of carbonyl (C=O) groups is 3. The van der Waals surface area contributed by atoms with Crippen molar-refractivity contribution < 1.29 is 37.6 Å². The zero-order valence-electron chi connectivity index (χ0n) is 18.4. The fourth-order valence-electron chi connectivity index (χ4n) is 3.64. The first-order valence-corrected chi connectivity index (χ1v) is 11.1. The molecule has 10 nitrogen and oxygen atoms in total. The second kappa shape index (κ2) is 11.1. The van der Waals surface area contributed by atoms with Crippen LogP contribution in [0.25, 0.3) is 0 Å². The molecule has 1 heterocycles. The van der Waals surface area contributed by atoms with E-state index in [4.69, 9.17) is 4.74 Å². The highest BCUT2D eigenvalue weighted by molar-refractivity contribution is 8.14. The molecule has 0 aromatic heterocycles. The van der Waals surface area contributed by atoms with Crippen molar-refractivity contribution in [3.05, 3.63) is 64.2 Å². The van der Waals surface area contributed by atoms with Gasteiger partial charge in [-0.2, -0.15) is 8.78 Å². The summed E-state index contributed by atoms with van der Waals surface area (Å²) in [6.45, 7) is -1.90. The quantitative estimate of drug-likeness (QED) is 0.300. The molecule has 1 fully saturated rings. The molecule has 0 aliphatic carbocycles. The Hall–Kier alpha value is -3.74. The molecule has 0 bridgehead atoms. The third kappa shape index (κ3) is 6.66. The van der Waals surface area contributed by atoms with E-state index < -0.39 is 28.5 Å². The van der Waals surface area contributed by atoms with Crippen LogP contribution in [-0.2, 0) is 20.9 Å². The molecule has 3 rings (SSSR count). The summed E-state index contributed by atoms with van der Waals surface area (Å²) >= 11 is 0.967. The first-order valence-electron chi connectivity index (χ1n) is 10.3. The molecule has 1 aliphatic heterocycles. The first-order chi connectivity index (χ1) is 16.6. The number of likely N-dealkylation sites (tertiary alicyclic amines) is 1. The summed E-state index contributed by atoms with van der Waals surface area (Å²) < 4.78 is 34.9. The lowest BCUT2D eigenvalue weighted by Crippen LogP contribution is -2.54. The van der Waals surface area contributed by atoms with Crippen LogP contribution in [0.5, 0.6) is 5.75 Å². The predicted octanol–water partition coefficient (Wildman–Crippen LogP) is 4.19. The number of benzene rings is 2. The minimum Gasteiger partial charge on any atom is -0.444 e. The molecule has 2 aromatic rings. The summed E-state index contributed by atoms with van der Waals surface area (Å²) in [5, 5.41) is 13.1. The molecule has 0 spiro atoms. The van der Waals surface area contributed by atoms with Crippen molar-refractivity contribution >= 4 is 40.6 Å². The van der Waals surface area contributed by atoms with E-state index in [0.717, 1.165) is 16.7 Å². The summed E-state index contributed by atoms with van der Waals surface area (Å²) in [5.74, 6) is -0.147. The molecule has 186 valence electrons. The molecule has 2 aromatic carbocycles. The monoisotopic (exact) mass is 509 g/mol. The smallest absolute Gasteiger partial charge is 0.412 e. The zero-order valence-corrected chi connectivity index (χ0v) is 19.2. The molecular weight excluding hydrogens is 488 g/mol. The maximum Gasteiger partial charge on any atom is 0.412 e. The van der Waals surface area contributed by atoms with Crippen molar-refractivity contribution in [2.24, 2.45) is 0 Å². The van der Waals surface area contributed by atoms with Crippen LogP contribution >= 0.6 is 11.8 Å². The minimum absolute atomic E-state index is 0.00229. The van der Waals surface area contributed by atoms with E-state index in [1.54, 1.807) is 0 Å². The van der Waals surface area contributed by atoms with E-state index >= 15 is 0 Å². The fourth-order valence-corrected chi connectivity index (χ4v) is 4.67. The topological polar surface area (TPSA) is 128 Å². The van der Waals surface area contributed by atoms with Gasteiger partial charge < -0.3 is 14.8 Å². The standard InChI is InChI=1S/C22H21F2N3O7S/c1-14(29)35-19-10-22(13-28,25-16-3-2-4-18(9-16)34-20(23)24)26(11-19)21(30)33-12-15-5-7-17(8-6-15)27(31)32/h2-9,13,19-20,25H,10-12H2,1H3/t19-,22-/m0/s1. The molecule has 0 unspecified atom stereocenters. The van der Waals surface area contributed by atoms with Crippen LogP contribution in [0, 0.1) is 10.1 Å². The number of ether oxygens (including phenoxy) is 2. The number of aldehydes is 1. The van der Waals surface area contributed by atoms with Crippen molar-refractivity contribution in [2.75, 3.05) is 11.9 Å². The number of nitro groups is 1. The number of rotatable bonds is 9. The molecule has 1 N–H and O–H groups in total. The Morgan fingerprint density at radius 2 is 2.03 bits per heavy atom. The zero-order chi connectivity index (χ0) is 25.6. The number of nitrogens with zero attached hydrogens (tertiary/aromatic N) is 2. The Kier molecular flexibility index (Phi) is 8.22. The van der Waals surface area contributed by atoms with E-state index in [0.29, 0.717) is 11.8 Å². The maximum absolute atomic E-state index is 13.0. The molecule has 0 saturated carbocycles. The van der Waals surface area contributed by atoms with Crippen molar-refractivity contribution in [1.82, 2.24) is 4.90 Å². The Balaban J connectivity index is 1.80. The van der Waals surface area contributed by atoms with Gasteiger partial charge in [0.2, 0.25) is 0 Å². The normalized spacial score (nSPS) is 19.3. The molecule has 13 heteroatoms. The van der Waals surface area contributed by atoms with Gasteiger partial charge in [0.15, 0.2) is 17.1 Å². The van der Waals surface area contributed by atoms with Gasteiger partial charge in [-0.05, 0) is 29.8 Å². The predicted molar refractivity (Wildman–Crippen MR) is 122 cm³/mol. The number of nitro benzene ring substituents is 1. The first kappa shape index (κ1) is 25.9. The minimum atomic E-state index is -3.04. The van der Waals surface area contributed by atoms with Crippen LogP contribution in [0.15, 0.2) is 48.5 Å². The Morgan fingerprint density at radius 1 is 1.31 bits per heavy atom. The number of carbonyl (C=O) groups excluding carboxylic acids is 3. The Bertz CT molecular complexity index is 1100. The summed E-state index contributed by atoms with van der Waals surface area (Å²) in [6.07, 6.45) is -0.316. The highest BCUT2D eigenvalue weighted by atomic mass is 32.2. The third-order valence-corrected chi connectivity index (χ3v) is 6.07. The Labute approximate surface area is 202 Å². The lowest BCUT2D eigenvalue weighted by atomic mass is 10.1. The second-order valence-corrected chi connectivity index (χ2v) is 9.08. The molecule has 2 atom stereocenters. The van der Waals surface area contributed by atoms with Crippen LogP contribution in [0.2, 0.25) is 0 Å². The molecule has 1 amide bonds. The summed E-state index contributed by atoms with van der Waals surface area (Å²) in [6, 6.07) is 10.9. The summed E-state index contributed by atoms with van der Waals surface area (Å²) in [7, 11) is 0. The number of hydrogen-bond donors (Lipinski definition) is 1. The van der Waals surface area contributed by atoms with Crippen molar-refractivity contribution in [3.63, 3.8) is 0 Å². The van der Waals surface area contributed by atoms with Gasteiger partial charge in [-0.3, -0.25) is 24.6 Å². The number of nitrogens with one attached hydrogen (secondary N) is 1. The highest BCUT2D eigenvalue weighted by Crippen LogP contribution is 2.37. The van der Waals surface area contributed by atoms with Gasteiger partial charge in [0.05, 0.1) is 4.92 Å². The maximum atomic E-state index is 13.0. The van der Waals surface area contributed by atoms with Gasteiger partial charge in [0.25, 0.3) is 5.69 Å². The van der Waals surface area contributed by atoms with Gasteiger partial charge in [-0.25, -0.2) is 4.79 Å². The van der Waals surface area contributed by atoms with Crippen LogP contribution in [-0.4, -0.2) is 51.4 Å². The van der Waals surface area contributed by atoms with Crippen molar-refractivity contribution in [2.45, 2.75) is 37.5 Å². The fraction of sp³-hybridized carbons (Fsp3) is 0.318. The number of hydrogen-bond acceptors (Lipinski definition) is 9. The van der Waals surface area contributed by atoms with Crippen LogP contribution in [0.4, 0.5) is 25.0 Å². The van der Waals surface area contributed by atoms with Gasteiger partial charge in [0, 0.05) is 49.0 Å². The molecule has 1 saturated heterocycles. The van der Waals surface area contributed by atoms with Gasteiger partial charge in [-0.15, -0.1) is 0 Å². The number of halogens is 2. The lowest BCUT2D eigenvalue weighted by molar-refractivity contribution is -0.384. The Morgan fingerprint density at radius 3 is 2.63 bits per heavy atom. The van der Waals surface area contributed by atoms with E-state index in [1.807, 2.05) is 0 Å². The van der Waals surface area contributed by atoms with Gasteiger partial charge >= 0.3 is 12.7 Å². The molecule has 0 radical (unpaired) electrons. The average Bonchev–Trinajstić information content (AvgIpc) is 3.15. The number of non-ortho nitro benzene ring substituents is 1. The number of thioether (sulfide) groups is 1.